The molecule has 1 aliphatic heterocycles. The predicted octanol–water partition coefficient (Wildman–Crippen LogP) is 0.439. The Morgan fingerprint density at radius 3 is 2.93 bits per heavy atom. The van der Waals surface area contributed by atoms with Gasteiger partial charge in [0, 0.05) is 41.4 Å². The van der Waals surface area contributed by atoms with Crippen molar-refractivity contribution < 1.29 is 4.21 Å². The fourth-order valence-electron chi connectivity index (χ4n) is 1.87. The molecular formula is C10H22N2OS. The lowest BCUT2D eigenvalue weighted by molar-refractivity contribution is 0.348. The minimum Gasteiger partial charge on any atom is -0.313 e. The van der Waals surface area contributed by atoms with Gasteiger partial charge < -0.3 is 10.2 Å². The fraction of sp³-hybridized carbons (Fsp3) is 1.00. The molecule has 0 saturated carbocycles. The SMILES string of the molecule is CCNC1CCN(CCS(=O)CC)C1. The number of nitrogens with one attached hydrogen (secondary N) is 1. The fourth-order valence-corrected chi connectivity index (χ4v) is 2.62. The zero-order valence-electron chi connectivity index (χ0n) is 9.29. The molecule has 0 aromatic heterocycles. The molecule has 0 aromatic rings. The Morgan fingerprint density at radius 2 is 2.29 bits per heavy atom. The Bertz CT molecular complexity index is 187. The molecule has 84 valence electrons. The maximum absolute atomic E-state index is 11.2. The molecule has 2 atom stereocenters. The maximum atomic E-state index is 11.2. The van der Waals surface area contributed by atoms with E-state index in [4.69, 9.17) is 0 Å². The largest absolute Gasteiger partial charge is 0.313 e. The zero-order chi connectivity index (χ0) is 10.4. The molecule has 0 radical (unpaired) electrons. The second-order valence-electron chi connectivity index (χ2n) is 3.78. The van der Waals surface area contributed by atoms with Crippen molar-refractivity contribution in [3.05, 3.63) is 0 Å². The highest BCUT2D eigenvalue weighted by Gasteiger charge is 2.20. The molecule has 3 nitrogen and oxygen atoms in total. The number of likely N-dealkylation sites (N-methyl/N-ethyl adjacent to an activating group) is 1. The van der Waals surface area contributed by atoms with Crippen LogP contribution in [-0.4, -0.2) is 52.8 Å². The molecule has 0 amide bonds. The van der Waals surface area contributed by atoms with E-state index in [2.05, 4.69) is 17.1 Å². The molecule has 0 aliphatic carbocycles. The van der Waals surface area contributed by atoms with Crippen LogP contribution in [0.5, 0.6) is 0 Å². The summed E-state index contributed by atoms with van der Waals surface area (Å²) in [4.78, 5) is 2.42. The average molecular weight is 218 g/mol. The summed E-state index contributed by atoms with van der Waals surface area (Å²) in [6.07, 6.45) is 1.24. The van der Waals surface area contributed by atoms with Gasteiger partial charge in [0.25, 0.3) is 0 Å². The van der Waals surface area contributed by atoms with Crippen LogP contribution in [0.2, 0.25) is 0 Å². The highest BCUT2D eigenvalue weighted by Crippen LogP contribution is 2.08. The second kappa shape index (κ2) is 6.53. The molecule has 2 unspecified atom stereocenters. The van der Waals surface area contributed by atoms with Crippen LogP contribution in [0.4, 0.5) is 0 Å². The summed E-state index contributed by atoms with van der Waals surface area (Å²) in [6, 6.07) is 0.662. The predicted molar refractivity (Wildman–Crippen MR) is 62.1 cm³/mol. The highest BCUT2D eigenvalue weighted by molar-refractivity contribution is 7.84. The van der Waals surface area contributed by atoms with Crippen molar-refractivity contribution in [2.24, 2.45) is 0 Å². The number of hydrogen-bond acceptors (Lipinski definition) is 3. The van der Waals surface area contributed by atoms with Crippen molar-refractivity contribution in [2.75, 3.05) is 37.7 Å². The lowest BCUT2D eigenvalue weighted by Gasteiger charge is -2.15. The molecular weight excluding hydrogens is 196 g/mol. The van der Waals surface area contributed by atoms with Gasteiger partial charge in [-0.25, -0.2) is 0 Å². The normalized spacial score (nSPS) is 25.4. The molecule has 0 bridgehead atoms. The first-order chi connectivity index (χ1) is 6.76. The minimum absolute atomic E-state index is 0.600. The monoisotopic (exact) mass is 218 g/mol. The number of nitrogens with zero attached hydrogens (tertiary/aromatic N) is 1. The van der Waals surface area contributed by atoms with Gasteiger partial charge in [-0.1, -0.05) is 13.8 Å². The Hall–Kier alpha value is 0.0700. The van der Waals surface area contributed by atoms with Crippen molar-refractivity contribution in [2.45, 2.75) is 26.3 Å². The Kier molecular flexibility index (Phi) is 5.67. The summed E-state index contributed by atoms with van der Waals surface area (Å²) in [7, 11) is -0.600. The van der Waals surface area contributed by atoms with E-state index in [1.165, 1.54) is 13.0 Å². The van der Waals surface area contributed by atoms with Crippen LogP contribution in [0.3, 0.4) is 0 Å². The molecule has 0 spiro atoms. The Balaban J connectivity index is 2.13. The molecule has 1 N–H and O–H groups in total. The molecule has 1 saturated heterocycles. The van der Waals surface area contributed by atoms with Crippen molar-refractivity contribution in [1.82, 2.24) is 10.2 Å². The van der Waals surface area contributed by atoms with Gasteiger partial charge in [0.15, 0.2) is 0 Å². The van der Waals surface area contributed by atoms with Gasteiger partial charge in [-0.3, -0.25) is 4.21 Å². The van der Waals surface area contributed by atoms with Crippen LogP contribution in [0.25, 0.3) is 0 Å². The summed E-state index contributed by atoms with van der Waals surface area (Å²) in [5, 5.41) is 3.46. The van der Waals surface area contributed by atoms with Gasteiger partial charge in [0.05, 0.1) is 0 Å². The first-order valence-corrected chi connectivity index (χ1v) is 7.05. The quantitative estimate of drug-likeness (QED) is 0.702. The van der Waals surface area contributed by atoms with Gasteiger partial charge in [-0.2, -0.15) is 0 Å². The molecule has 4 heteroatoms. The van der Waals surface area contributed by atoms with Gasteiger partial charge in [0.1, 0.15) is 0 Å². The van der Waals surface area contributed by atoms with Gasteiger partial charge in [-0.05, 0) is 19.5 Å². The average Bonchev–Trinajstić information content (AvgIpc) is 2.63. The van der Waals surface area contributed by atoms with E-state index in [0.29, 0.717) is 6.04 Å². The van der Waals surface area contributed by atoms with Crippen molar-refractivity contribution >= 4 is 10.8 Å². The van der Waals surface area contributed by atoms with E-state index in [0.717, 1.165) is 31.1 Å². The third kappa shape index (κ3) is 4.07. The van der Waals surface area contributed by atoms with Gasteiger partial charge in [-0.15, -0.1) is 0 Å². The van der Waals surface area contributed by atoms with Crippen molar-refractivity contribution in [3.8, 4) is 0 Å². The van der Waals surface area contributed by atoms with E-state index < -0.39 is 10.8 Å². The molecule has 1 fully saturated rings. The van der Waals surface area contributed by atoms with Crippen LogP contribution < -0.4 is 5.32 Å². The maximum Gasteiger partial charge on any atom is 0.0362 e. The summed E-state index contributed by atoms with van der Waals surface area (Å²) >= 11 is 0. The van der Waals surface area contributed by atoms with Crippen molar-refractivity contribution in [3.63, 3.8) is 0 Å². The van der Waals surface area contributed by atoms with Crippen LogP contribution in [0.1, 0.15) is 20.3 Å². The topological polar surface area (TPSA) is 32.3 Å². The molecule has 1 heterocycles. The lowest BCUT2D eigenvalue weighted by Crippen LogP contribution is -2.33. The van der Waals surface area contributed by atoms with Crippen molar-refractivity contribution in [1.29, 1.82) is 0 Å². The van der Waals surface area contributed by atoms with E-state index in [-0.39, 0.29) is 0 Å². The molecule has 1 aliphatic rings. The lowest BCUT2D eigenvalue weighted by atomic mass is 10.3. The zero-order valence-corrected chi connectivity index (χ0v) is 10.1. The number of likely N-dealkylation sites (tertiary alicyclic amines) is 1. The third-order valence-corrected chi connectivity index (χ3v) is 4.00. The summed E-state index contributed by atoms with van der Waals surface area (Å²) in [5.41, 5.74) is 0. The molecule has 0 aromatic carbocycles. The van der Waals surface area contributed by atoms with E-state index >= 15 is 0 Å². The van der Waals surface area contributed by atoms with Crippen LogP contribution in [0.15, 0.2) is 0 Å². The van der Waals surface area contributed by atoms with Gasteiger partial charge >= 0.3 is 0 Å². The number of rotatable bonds is 6. The van der Waals surface area contributed by atoms with Crippen LogP contribution >= 0.6 is 0 Å². The molecule has 14 heavy (non-hydrogen) atoms. The summed E-state index contributed by atoms with van der Waals surface area (Å²) in [5.74, 6) is 1.64. The van der Waals surface area contributed by atoms with E-state index in [9.17, 15) is 4.21 Å². The smallest absolute Gasteiger partial charge is 0.0362 e. The van der Waals surface area contributed by atoms with E-state index in [1.807, 2.05) is 6.92 Å². The van der Waals surface area contributed by atoms with E-state index in [1.54, 1.807) is 0 Å². The first kappa shape index (κ1) is 12.1. The number of hydrogen-bond donors (Lipinski definition) is 1. The Morgan fingerprint density at radius 1 is 1.50 bits per heavy atom. The first-order valence-electron chi connectivity index (χ1n) is 5.57. The van der Waals surface area contributed by atoms with Crippen LogP contribution in [0, 0.1) is 0 Å². The standard InChI is InChI=1S/C10H22N2OS/c1-3-11-10-5-6-12(9-10)7-8-14(13)4-2/h10-11H,3-9H2,1-2H3. The van der Waals surface area contributed by atoms with Crippen LogP contribution in [-0.2, 0) is 10.8 Å². The minimum atomic E-state index is -0.600. The second-order valence-corrected chi connectivity index (χ2v) is 5.64. The molecule has 1 rings (SSSR count). The third-order valence-electron chi connectivity index (χ3n) is 2.72. The highest BCUT2D eigenvalue weighted by atomic mass is 32.2. The Labute approximate surface area is 89.7 Å². The summed E-state index contributed by atoms with van der Waals surface area (Å²) < 4.78 is 11.2. The summed E-state index contributed by atoms with van der Waals surface area (Å²) in [6.45, 7) is 8.49. The van der Waals surface area contributed by atoms with Gasteiger partial charge in [0.2, 0.25) is 0 Å².